The Labute approximate surface area is 235 Å². The van der Waals surface area contributed by atoms with E-state index in [1.807, 2.05) is 37.4 Å². The summed E-state index contributed by atoms with van der Waals surface area (Å²) in [4.78, 5) is 25.2. The normalized spacial score (nSPS) is 37.7. The summed E-state index contributed by atoms with van der Waals surface area (Å²) >= 11 is 0. The number of rotatable bonds is 5. The number of benzene rings is 1. The topological polar surface area (TPSA) is 67.4 Å². The minimum atomic E-state index is -0.174. The van der Waals surface area contributed by atoms with Crippen LogP contribution in [-0.4, -0.2) is 37.1 Å². The standard InChI is InChI=1S/C34H48N2O3/c1-21(35-7)30-28(39-22(2)37)20-34(6)27-15-14-26-24(19-25(27)17-18-33(30,34)5)13-16-29(32(26,3)4)36-31(38)23-11-9-8-10-12-23/h8-12,17,19,21,26-30,35H,13-16,18,20H2,1-7H3,(H,36,38)/t21-,26+,27+,28+,29-,30-,33+,34-/m0/s1. The molecule has 1 aromatic rings. The second-order valence-corrected chi connectivity index (χ2v) is 13.9. The van der Waals surface area contributed by atoms with Gasteiger partial charge >= 0.3 is 5.97 Å². The fourth-order valence-electron chi connectivity index (χ4n) is 9.29. The molecule has 4 aliphatic carbocycles. The van der Waals surface area contributed by atoms with Gasteiger partial charge in [-0.1, -0.05) is 63.6 Å². The SMILES string of the molecule is CN[C@@H](C)[C@H]1[C@H](OC(C)=O)C[C@@]2(C)[C@@H]3CC[C@@H]4C(=CC3=CC[C@]12C)CC[C@H](NC(=O)c1ccccc1)C4(C)C. The molecule has 0 radical (unpaired) electrons. The van der Waals surface area contributed by atoms with Gasteiger partial charge in [0.25, 0.3) is 5.91 Å². The number of carbonyl (C=O) groups is 2. The van der Waals surface area contributed by atoms with Crippen LogP contribution in [-0.2, 0) is 9.53 Å². The highest BCUT2D eigenvalue weighted by molar-refractivity contribution is 5.94. The zero-order valence-corrected chi connectivity index (χ0v) is 25.0. The van der Waals surface area contributed by atoms with E-state index in [2.05, 4.69) is 57.4 Å². The van der Waals surface area contributed by atoms with Crippen LogP contribution in [0.15, 0.2) is 53.6 Å². The molecule has 8 atom stereocenters. The Hall–Kier alpha value is -2.40. The van der Waals surface area contributed by atoms with Gasteiger partial charge in [-0.3, -0.25) is 9.59 Å². The molecular weight excluding hydrogens is 484 g/mol. The molecule has 2 saturated carbocycles. The molecule has 0 spiro atoms. The largest absolute Gasteiger partial charge is 0.462 e. The number of amides is 1. The lowest BCUT2D eigenvalue weighted by Gasteiger charge is -2.53. The van der Waals surface area contributed by atoms with Gasteiger partial charge in [0.05, 0.1) is 0 Å². The number of esters is 1. The first-order valence-corrected chi connectivity index (χ1v) is 15.0. The summed E-state index contributed by atoms with van der Waals surface area (Å²) in [5.74, 6) is 0.996. The minimum Gasteiger partial charge on any atom is -0.462 e. The van der Waals surface area contributed by atoms with E-state index in [0.717, 1.165) is 44.1 Å². The number of nitrogens with one attached hydrogen (secondary N) is 2. The molecule has 0 aliphatic heterocycles. The predicted octanol–water partition coefficient (Wildman–Crippen LogP) is 6.46. The van der Waals surface area contributed by atoms with Crippen molar-refractivity contribution < 1.29 is 14.3 Å². The van der Waals surface area contributed by atoms with Crippen LogP contribution in [0.5, 0.6) is 0 Å². The third kappa shape index (κ3) is 4.59. The van der Waals surface area contributed by atoms with E-state index < -0.39 is 0 Å². The molecule has 5 nitrogen and oxygen atoms in total. The van der Waals surface area contributed by atoms with Crippen molar-refractivity contribution in [3.05, 3.63) is 59.2 Å². The van der Waals surface area contributed by atoms with Gasteiger partial charge in [0.15, 0.2) is 0 Å². The van der Waals surface area contributed by atoms with Crippen LogP contribution in [0.1, 0.15) is 90.4 Å². The van der Waals surface area contributed by atoms with E-state index in [1.54, 1.807) is 12.5 Å². The third-order valence-electron chi connectivity index (χ3n) is 11.7. The molecule has 0 saturated heterocycles. The molecule has 5 rings (SSSR count). The highest BCUT2D eigenvalue weighted by Gasteiger charge is 2.65. The molecular formula is C34H48N2O3. The first kappa shape index (κ1) is 28.1. The second kappa shape index (κ2) is 10.2. The fourth-order valence-corrected chi connectivity index (χ4v) is 9.29. The molecule has 2 fully saturated rings. The Kier molecular flexibility index (Phi) is 7.37. The average Bonchev–Trinajstić information content (AvgIpc) is 3.00. The van der Waals surface area contributed by atoms with Crippen LogP contribution in [0.25, 0.3) is 0 Å². The van der Waals surface area contributed by atoms with Crippen LogP contribution >= 0.6 is 0 Å². The number of allylic oxidation sites excluding steroid dienone is 4. The maximum absolute atomic E-state index is 13.1. The Morgan fingerprint density at radius 1 is 1.00 bits per heavy atom. The number of fused-ring (bicyclic) bond motifs is 4. The van der Waals surface area contributed by atoms with Gasteiger partial charge in [-0.2, -0.15) is 0 Å². The summed E-state index contributed by atoms with van der Waals surface area (Å²) in [6, 6.07) is 9.98. The maximum atomic E-state index is 13.1. The minimum absolute atomic E-state index is 0.0292. The Balaban J connectivity index is 1.42. The lowest BCUT2D eigenvalue weighted by molar-refractivity contribution is -0.149. The highest BCUT2D eigenvalue weighted by atomic mass is 16.5. The molecule has 0 unspecified atom stereocenters. The van der Waals surface area contributed by atoms with Gasteiger partial charge in [-0.25, -0.2) is 0 Å². The maximum Gasteiger partial charge on any atom is 0.302 e. The highest BCUT2D eigenvalue weighted by Crippen LogP contribution is 2.68. The van der Waals surface area contributed by atoms with Gasteiger partial charge in [0.2, 0.25) is 0 Å². The summed E-state index contributed by atoms with van der Waals surface area (Å²) in [5.41, 5.74) is 3.83. The molecule has 5 heteroatoms. The van der Waals surface area contributed by atoms with Crippen LogP contribution in [0.4, 0.5) is 0 Å². The summed E-state index contributed by atoms with van der Waals surface area (Å²) in [5, 5.41) is 6.90. The van der Waals surface area contributed by atoms with Crippen molar-refractivity contribution in [2.75, 3.05) is 7.05 Å². The van der Waals surface area contributed by atoms with E-state index in [0.29, 0.717) is 11.8 Å². The quantitative estimate of drug-likeness (QED) is 0.427. The third-order valence-corrected chi connectivity index (χ3v) is 11.7. The number of hydrogen-bond donors (Lipinski definition) is 2. The Bertz CT molecular complexity index is 1170. The van der Waals surface area contributed by atoms with Gasteiger partial charge in [-0.05, 0) is 98.3 Å². The molecule has 2 N–H and O–H groups in total. The Morgan fingerprint density at radius 3 is 2.36 bits per heavy atom. The van der Waals surface area contributed by atoms with Gasteiger partial charge in [0, 0.05) is 30.5 Å². The number of ether oxygens (including phenoxy) is 1. The molecule has 212 valence electrons. The molecule has 39 heavy (non-hydrogen) atoms. The van der Waals surface area contributed by atoms with Crippen molar-refractivity contribution >= 4 is 11.9 Å². The fraction of sp³-hybridized carbons (Fsp3) is 0.647. The van der Waals surface area contributed by atoms with Crippen LogP contribution < -0.4 is 10.6 Å². The average molecular weight is 533 g/mol. The van der Waals surface area contributed by atoms with Crippen molar-refractivity contribution in [1.82, 2.24) is 10.6 Å². The summed E-state index contributed by atoms with van der Waals surface area (Å²) in [6.45, 7) is 13.4. The molecule has 1 amide bonds. The zero-order valence-electron chi connectivity index (χ0n) is 25.0. The first-order chi connectivity index (χ1) is 18.4. The Morgan fingerprint density at radius 2 is 1.69 bits per heavy atom. The molecule has 1 aromatic carbocycles. The van der Waals surface area contributed by atoms with E-state index in [1.165, 1.54) is 5.57 Å². The predicted molar refractivity (Wildman–Crippen MR) is 156 cm³/mol. The van der Waals surface area contributed by atoms with Crippen molar-refractivity contribution in [2.45, 2.75) is 98.3 Å². The monoisotopic (exact) mass is 532 g/mol. The second-order valence-electron chi connectivity index (χ2n) is 13.9. The van der Waals surface area contributed by atoms with Crippen molar-refractivity contribution in [1.29, 1.82) is 0 Å². The van der Waals surface area contributed by atoms with E-state index in [4.69, 9.17) is 4.74 Å². The van der Waals surface area contributed by atoms with Crippen molar-refractivity contribution in [3.8, 4) is 0 Å². The molecule has 0 aromatic heterocycles. The van der Waals surface area contributed by atoms with Gasteiger partial charge in [-0.15, -0.1) is 0 Å². The van der Waals surface area contributed by atoms with Gasteiger partial charge < -0.3 is 15.4 Å². The van der Waals surface area contributed by atoms with E-state index in [-0.39, 0.29) is 52.2 Å². The molecule has 0 heterocycles. The number of carbonyl (C=O) groups excluding carboxylic acids is 2. The summed E-state index contributed by atoms with van der Waals surface area (Å²) in [7, 11) is 2.02. The molecule has 4 aliphatic rings. The zero-order chi connectivity index (χ0) is 28.2. The first-order valence-electron chi connectivity index (χ1n) is 15.0. The van der Waals surface area contributed by atoms with Crippen LogP contribution in [0.2, 0.25) is 0 Å². The molecule has 0 bridgehead atoms. The summed E-state index contributed by atoms with van der Waals surface area (Å²) < 4.78 is 6.04. The number of hydrogen-bond acceptors (Lipinski definition) is 4. The van der Waals surface area contributed by atoms with Crippen LogP contribution in [0, 0.1) is 34.0 Å². The van der Waals surface area contributed by atoms with Gasteiger partial charge in [0.1, 0.15) is 6.10 Å². The van der Waals surface area contributed by atoms with Crippen LogP contribution in [0.3, 0.4) is 0 Å². The smallest absolute Gasteiger partial charge is 0.302 e. The van der Waals surface area contributed by atoms with Crippen molar-refractivity contribution in [2.24, 2.45) is 34.0 Å². The van der Waals surface area contributed by atoms with E-state index >= 15 is 0 Å². The van der Waals surface area contributed by atoms with Crippen molar-refractivity contribution in [3.63, 3.8) is 0 Å². The van der Waals surface area contributed by atoms with E-state index in [9.17, 15) is 9.59 Å². The lowest BCUT2D eigenvalue weighted by atomic mass is 9.51. The summed E-state index contributed by atoms with van der Waals surface area (Å²) in [6.07, 6.45) is 11.2. The lowest BCUT2D eigenvalue weighted by Crippen LogP contribution is -2.51.